The van der Waals surface area contributed by atoms with Gasteiger partial charge in [0.2, 0.25) is 0 Å². The van der Waals surface area contributed by atoms with Gasteiger partial charge in [-0.05, 0) is 75.3 Å². The highest BCUT2D eigenvalue weighted by Gasteiger charge is 2.51. The summed E-state index contributed by atoms with van der Waals surface area (Å²) in [5.41, 5.74) is 0.0759. The Morgan fingerprint density at radius 3 is 2.21 bits per heavy atom. The van der Waals surface area contributed by atoms with Crippen molar-refractivity contribution in [2.75, 3.05) is 0 Å². The van der Waals surface area contributed by atoms with Gasteiger partial charge in [0.15, 0.2) is 5.76 Å². The molecule has 4 fully saturated rings. The number of furan rings is 1. The molecule has 4 bridgehead atoms. The van der Waals surface area contributed by atoms with Crippen molar-refractivity contribution >= 4 is 5.91 Å². The monoisotopic (exact) mass is 259 g/mol. The van der Waals surface area contributed by atoms with E-state index in [9.17, 15) is 4.79 Å². The summed E-state index contributed by atoms with van der Waals surface area (Å²) in [5, 5.41) is 3.32. The molecule has 0 unspecified atom stereocenters. The second kappa shape index (κ2) is 3.87. The van der Waals surface area contributed by atoms with Crippen LogP contribution in [0.25, 0.3) is 0 Å². The van der Waals surface area contributed by atoms with Gasteiger partial charge in [0.25, 0.3) is 5.91 Å². The summed E-state index contributed by atoms with van der Waals surface area (Å²) >= 11 is 0. The Morgan fingerprint density at radius 1 is 1.16 bits per heavy atom. The maximum absolute atomic E-state index is 12.3. The molecule has 1 aromatic heterocycles. The standard InChI is InChI=1S/C16H21NO2/c1-10-2-3-14(19-10)15(18)17-16-7-11-4-12(8-16)6-13(5-11)9-16/h2-3,11-13H,4-9H2,1H3,(H,17,18). The Morgan fingerprint density at radius 2 is 1.74 bits per heavy atom. The Hall–Kier alpha value is -1.25. The van der Waals surface area contributed by atoms with Gasteiger partial charge in [-0.2, -0.15) is 0 Å². The average Bonchev–Trinajstić information content (AvgIpc) is 2.73. The second-order valence-electron chi connectivity index (χ2n) is 7.06. The first-order valence-corrected chi connectivity index (χ1v) is 7.51. The average molecular weight is 259 g/mol. The summed E-state index contributed by atoms with van der Waals surface area (Å²) in [6.45, 7) is 1.88. The van der Waals surface area contributed by atoms with Crippen LogP contribution in [0, 0.1) is 24.7 Å². The minimum absolute atomic E-state index is 0.0185. The Labute approximate surface area is 113 Å². The number of amides is 1. The number of aryl methyl sites for hydroxylation is 1. The fourth-order valence-electron chi connectivity index (χ4n) is 5.12. The Kier molecular flexibility index (Phi) is 2.36. The fraction of sp³-hybridized carbons (Fsp3) is 0.688. The first kappa shape index (κ1) is 11.6. The molecule has 102 valence electrons. The SMILES string of the molecule is Cc1ccc(C(=O)NC23CC4CC(CC(C4)C2)C3)o1. The molecule has 0 atom stereocenters. The van der Waals surface area contributed by atoms with Crippen LogP contribution in [0.5, 0.6) is 0 Å². The summed E-state index contributed by atoms with van der Waals surface area (Å²) in [6, 6.07) is 3.64. The zero-order valence-electron chi connectivity index (χ0n) is 11.4. The molecule has 1 N–H and O–H groups in total. The normalized spacial score (nSPS) is 39.5. The van der Waals surface area contributed by atoms with E-state index < -0.39 is 0 Å². The lowest BCUT2D eigenvalue weighted by molar-refractivity contribution is -0.0171. The van der Waals surface area contributed by atoms with Crippen LogP contribution in [0.4, 0.5) is 0 Å². The lowest BCUT2D eigenvalue weighted by Gasteiger charge is -2.56. The van der Waals surface area contributed by atoms with E-state index in [4.69, 9.17) is 4.42 Å². The highest BCUT2D eigenvalue weighted by atomic mass is 16.3. The molecule has 4 aliphatic carbocycles. The van der Waals surface area contributed by atoms with Gasteiger partial charge in [0, 0.05) is 5.54 Å². The van der Waals surface area contributed by atoms with Crippen molar-refractivity contribution in [1.29, 1.82) is 0 Å². The van der Waals surface area contributed by atoms with E-state index in [0.717, 1.165) is 23.5 Å². The van der Waals surface area contributed by atoms with E-state index in [0.29, 0.717) is 5.76 Å². The van der Waals surface area contributed by atoms with E-state index in [1.807, 2.05) is 13.0 Å². The molecule has 1 aromatic rings. The molecule has 0 radical (unpaired) electrons. The van der Waals surface area contributed by atoms with Crippen LogP contribution in [-0.4, -0.2) is 11.4 Å². The van der Waals surface area contributed by atoms with Gasteiger partial charge in [-0.1, -0.05) is 0 Å². The van der Waals surface area contributed by atoms with Crippen molar-refractivity contribution in [2.24, 2.45) is 17.8 Å². The topological polar surface area (TPSA) is 42.2 Å². The van der Waals surface area contributed by atoms with Crippen molar-refractivity contribution < 1.29 is 9.21 Å². The predicted octanol–water partition coefficient (Wildman–Crippen LogP) is 3.29. The van der Waals surface area contributed by atoms with Crippen molar-refractivity contribution in [3.8, 4) is 0 Å². The predicted molar refractivity (Wildman–Crippen MR) is 71.8 cm³/mol. The summed E-state index contributed by atoms with van der Waals surface area (Å²) < 4.78 is 5.45. The van der Waals surface area contributed by atoms with Crippen molar-refractivity contribution in [2.45, 2.75) is 51.0 Å². The van der Waals surface area contributed by atoms with Crippen molar-refractivity contribution in [1.82, 2.24) is 5.32 Å². The molecule has 0 spiro atoms. The molecule has 3 heteroatoms. The van der Waals surface area contributed by atoms with Crippen molar-refractivity contribution in [3.63, 3.8) is 0 Å². The minimum Gasteiger partial charge on any atom is -0.456 e. The molecule has 1 amide bonds. The third-order valence-corrected chi connectivity index (χ3v) is 5.38. The van der Waals surface area contributed by atoms with Crippen molar-refractivity contribution in [3.05, 3.63) is 23.7 Å². The number of carbonyl (C=O) groups excluding carboxylic acids is 1. The summed E-state index contributed by atoms with van der Waals surface area (Å²) in [5.74, 6) is 3.80. The smallest absolute Gasteiger partial charge is 0.287 e. The molecule has 0 aliphatic heterocycles. The molecule has 4 aliphatic rings. The van der Waals surface area contributed by atoms with Gasteiger partial charge >= 0.3 is 0 Å². The molecule has 5 rings (SSSR count). The molecule has 0 saturated heterocycles. The number of carbonyl (C=O) groups is 1. The first-order chi connectivity index (χ1) is 9.12. The number of hydrogen-bond acceptors (Lipinski definition) is 2. The first-order valence-electron chi connectivity index (χ1n) is 7.51. The fourth-order valence-corrected chi connectivity index (χ4v) is 5.12. The van der Waals surface area contributed by atoms with Crippen LogP contribution in [0.15, 0.2) is 16.5 Å². The molecule has 4 saturated carbocycles. The summed E-state index contributed by atoms with van der Waals surface area (Å²) in [6.07, 6.45) is 7.75. The van der Waals surface area contributed by atoms with E-state index in [1.165, 1.54) is 38.5 Å². The molecule has 3 nitrogen and oxygen atoms in total. The van der Waals surface area contributed by atoms with Crippen LogP contribution in [-0.2, 0) is 0 Å². The lowest BCUT2D eigenvalue weighted by atomic mass is 9.53. The maximum atomic E-state index is 12.3. The van der Waals surface area contributed by atoms with Crippen LogP contribution >= 0.6 is 0 Å². The zero-order chi connectivity index (χ0) is 13.0. The largest absolute Gasteiger partial charge is 0.456 e. The highest BCUT2D eigenvalue weighted by Crippen LogP contribution is 2.55. The molecular formula is C16H21NO2. The van der Waals surface area contributed by atoms with E-state index in [2.05, 4.69) is 5.32 Å². The molecule has 19 heavy (non-hydrogen) atoms. The van der Waals surface area contributed by atoms with Crippen LogP contribution in [0.2, 0.25) is 0 Å². The van der Waals surface area contributed by atoms with E-state index >= 15 is 0 Å². The van der Waals surface area contributed by atoms with Gasteiger partial charge < -0.3 is 9.73 Å². The van der Waals surface area contributed by atoms with Gasteiger partial charge in [-0.25, -0.2) is 0 Å². The van der Waals surface area contributed by atoms with Gasteiger partial charge in [0.05, 0.1) is 0 Å². The zero-order valence-corrected chi connectivity index (χ0v) is 11.4. The number of hydrogen-bond donors (Lipinski definition) is 1. The molecule has 0 aromatic carbocycles. The third kappa shape index (κ3) is 1.90. The lowest BCUT2D eigenvalue weighted by Crippen LogP contribution is -2.59. The van der Waals surface area contributed by atoms with Gasteiger partial charge in [0.1, 0.15) is 5.76 Å². The Balaban J connectivity index is 1.54. The second-order valence-corrected chi connectivity index (χ2v) is 7.06. The van der Waals surface area contributed by atoms with Crippen LogP contribution < -0.4 is 5.32 Å². The summed E-state index contributed by atoms with van der Waals surface area (Å²) in [4.78, 5) is 12.3. The highest BCUT2D eigenvalue weighted by molar-refractivity contribution is 5.92. The third-order valence-electron chi connectivity index (χ3n) is 5.38. The number of rotatable bonds is 2. The minimum atomic E-state index is -0.0185. The molecule has 1 heterocycles. The van der Waals surface area contributed by atoms with Crippen LogP contribution in [0.3, 0.4) is 0 Å². The quantitative estimate of drug-likeness (QED) is 0.885. The van der Waals surface area contributed by atoms with Crippen LogP contribution in [0.1, 0.15) is 54.8 Å². The Bertz CT molecular complexity index is 481. The maximum Gasteiger partial charge on any atom is 0.287 e. The number of nitrogens with one attached hydrogen (secondary N) is 1. The van der Waals surface area contributed by atoms with E-state index in [-0.39, 0.29) is 11.4 Å². The van der Waals surface area contributed by atoms with Gasteiger partial charge in [-0.15, -0.1) is 0 Å². The summed E-state index contributed by atoms with van der Waals surface area (Å²) in [7, 11) is 0. The van der Waals surface area contributed by atoms with E-state index in [1.54, 1.807) is 6.07 Å². The van der Waals surface area contributed by atoms with Gasteiger partial charge in [-0.3, -0.25) is 4.79 Å². The molecular weight excluding hydrogens is 238 g/mol.